The van der Waals surface area contributed by atoms with Crippen LogP contribution in [0.4, 0.5) is 32.0 Å². The van der Waals surface area contributed by atoms with Gasteiger partial charge in [-0.3, -0.25) is 14.4 Å². The predicted octanol–water partition coefficient (Wildman–Crippen LogP) is 4.49. The second-order valence-corrected chi connectivity index (χ2v) is 9.39. The number of hydrogen-bond donors (Lipinski definition) is 2. The number of hydrogen-bond acceptors (Lipinski definition) is 6. The number of aryl methyl sites for hydroxylation is 1. The van der Waals surface area contributed by atoms with Crippen molar-refractivity contribution >= 4 is 17.5 Å². The second-order valence-electron chi connectivity index (χ2n) is 9.39. The van der Waals surface area contributed by atoms with Crippen LogP contribution in [-0.4, -0.2) is 43.9 Å². The zero-order chi connectivity index (χ0) is 31.9. The lowest BCUT2D eigenvalue weighted by molar-refractivity contribution is -0.274. The molecular formula is C28H24F6N6O4. The molecule has 2 heterocycles. The second kappa shape index (κ2) is 13.9. The molecule has 10 nitrogen and oxygen atoms in total. The van der Waals surface area contributed by atoms with E-state index in [1.807, 2.05) is 5.32 Å². The van der Waals surface area contributed by atoms with Gasteiger partial charge in [0.15, 0.2) is 5.69 Å². The number of nitrogens with zero attached hydrogens (tertiary/aromatic N) is 4. The van der Waals surface area contributed by atoms with Crippen molar-refractivity contribution in [2.24, 2.45) is 0 Å². The van der Waals surface area contributed by atoms with Gasteiger partial charge in [-0.05, 0) is 35.7 Å². The average molecular weight is 623 g/mol. The van der Waals surface area contributed by atoms with Crippen molar-refractivity contribution in [3.63, 3.8) is 0 Å². The summed E-state index contributed by atoms with van der Waals surface area (Å²) in [5.74, 6) is -3.68. The van der Waals surface area contributed by atoms with Gasteiger partial charge in [-0.1, -0.05) is 47.7 Å². The summed E-state index contributed by atoms with van der Waals surface area (Å²) in [6.45, 7) is -0.762. The summed E-state index contributed by atoms with van der Waals surface area (Å²) in [4.78, 5) is 36.9. The Morgan fingerprint density at radius 2 is 1.77 bits per heavy atom. The van der Waals surface area contributed by atoms with E-state index in [0.29, 0.717) is 5.56 Å². The molecule has 44 heavy (non-hydrogen) atoms. The van der Waals surface area contributed by atoms with E-state index in [1.54, 1.807) is 6.07 Å². The fourth-order valence-corrected chi connectivity index (χ4v) is 3.98. The molecule has 0 aliphatic carbocycles. The number of rotatable bonds is 12. The summed E-state index contributed by atoms with van der Waals surface area (Å²) in [7, 11) is 0. The van der Waals surface area contributed by atoms with E-state index in [1.165, 1.54) is 36.4 Å². The summed E-state index contributed by atoms with van der Waals surface area (Å²) in [5.41, 5.74) is -1.49. The summed E-state index contributed by atoms with van der Waals surface area (Å²) >= 11 is 0. The molecule has 0 saturated heterocycles. The van der Waals surface area contributed by atoms with Crippen molar-refractivity contribution in [2.75, 3.05) is 5.32 Å². The largest absolute Gasteiger partial charge is 0.573 e. The zero-order valence-corrected chi connectivity index (χ0v) is 22.6. The van der Waals surface area contributed by atoms with Gasteiger partial charge in [0, 0.05) is 19.3 Å². The van der Waals surface area contributed by atoms with Gasteiger partial charge in [-0.25, -0.2) is 13.5 Å². The highest BCUT2D eigenvalue weighted by Gasteiger charge is 2.31. The Bertz CT molecular complexity index is 1660. The van der Waals surface area contributed by atoms with Crippen LogP contribution >= 0.6 is 0 Å². The number of aromatic nitrogens is 4. The standard InChI is InChI=1S/C28H24F6N6O4/c29-19(9-11-39-12-10-21(24(31)27(39)43)36-26(42)23(30)18-6-2-1-3-7-18)15-40-16-22(37-38-40)25(41)35-14-17-5-4-8-20(13-17)44-28(32,33)34/h1-8,10,12-13,16,19,23H,9,11,14-15H2,(H,35,41)(H,36,42). The van der Waals surface area contributed by atoms with Crippen molar-refractivity contribution in [1.29, 1.82) is 0 Å². The predicted molar refractivity (Wildman–Crippen MR) is 143 cm³/mol. The van der Waals surface area contributed by atoms with Crippen LogP contribution in [0.5, 0.6) is 5.75 Å². The molecule has 0 fully saturated rings. The molecule has 0 radical (unpaired) electrons. The lowest BCUT2D eigenvalue weighted by Crippen LogP contribution is -2.27. The molecule has 2 aromatic carbocycles. The van der Waals surface area contributed by atoms with E-state index in [-0.39, 0.29) is 37.3 Å². The van der Waals surface area contributed by atoms with Crippen molar-refractivity contribution in [3.8, 4) is 5.75 Å². The molecule has 0 aliphatic rings. The Morgan fingerprint density at radius 3 is 2.50 bits per heavy atom. The Labute approximate surface area is 245 Å². The van der Waals surface area contributed by atoms with Gasteiger partial charge in [0.25, 0.3) is 17.4 Å². The van der Waals surface area contributed by atoms with Gasteiger partial charge < -0.3 is 19.9 Å². The Balaban J connectivity index is 1.27. The molecule has 2 aromatic heterocycles. The van der Waals surface area contributed by atoms with Crippen molar-refractivity contribution < 1.29 is 40.7 Å². The zero-order valence-electron chi connectivity index (χ0n) is 22.6. The number of nitrogens with one attached hydrogen (secondary N) is 2. The molecule has 2 unspecified atom stereocenters. The first-order valence-corrected chi connectivity index (χ1v) is 13.0. The minimum absolute atomic E-state index is 0.0528. The van der Waals surface area contributed by atoms with Gasteiger partial charge in [0.2, 0.25) is 12.0 Å². The van der Waals surface area contributed by atoms with Crippen LogP contribution < -0.4 is 20.9 Å². The Hall–Kier alpha value is -5.15. The lowest BCUT2D eigenvalue weighted by Gasteiger charge is -2.13. The van der Waals surface area contributed by atoms with E-state index < -0.39 is 53.3 Å². The van der Waals surface area contributed by atoms with Crippen molar-refractivity contribution in [2.45, 2.75) is 44.8 Å². The summed E-state index contributed by atoms with van der Waals surface area (Å²) in [6.07, 6.45) is -6.53. The number of anilines is 1. The number of halogens is 6. The van der Waals surface area contributed by atoms with Crippen LogP contribution in [0.3, 0.4) is 0 Å². The Morgan fingerprint density at radius 1 is 1.02 bits per heavy atom. The fraction of sp³-hybridized carbons (Fsp3) is 0.250. The lowest BCUT2D eigenvalue weighted by atomic mass is 10.1. The summed E-state index contributed by atoms with van der Waals surface area (Å²) in [5, 5.41) is 11.8. The third kappa shape index (κ3) is 8.68. The van der Waals surface area contributed by atoms with E-state index in [2.05, 4.69) is 20.4 Å². The monoisotopic (exact) mass is 622 g/mol. The van der Waals surface area contributed by atoms with Gasteiger partial charge in [0.05, 0.1) is 18.4 Å². The molecule has 232 valence electrons. The number of pyridine rings is 1. The molecule has 4 rings (SSSR count). The molecule has 0 aliphatic heterocycles. The van der Waals surface area contributed by atoms with Gasteiger partial charge >= 0.3 is 6.36 Å². The highest BCUT2D eigenvalue weighted by Crippen LogP contribution is 2.23. The molecular weight excluding hydrogens is 598 g/mol. The smallest absolute Gasteiger partial charge is 0.406 e. The van der Waals surface area contributed by atoms with Crippen LogP contribution in [-0.2, 0) is 24.4 Å². The van der Waals surface area contributed by atoms with Crippen LogP contribution in [0.1, 0.15) is 34.2 Å². The normalized spacial score (nSPS) is 12.8. The van der Waals surface area contributed by atoms with E-state index in [4.69, 9.17) is 0 Å². The molecule has 2 N–H and O–H groups in total. The van der Waals surface area contributed by atoms with Gasteiger partial charge in [0.1, 0.15) is 11.9 Å². The Kier molecular flexibility index (Phi) is 10.0. The minimum Gasteiger partial charge on any atom is -0.406 e. The minimum atomic E-state index is -4.87. The van der Waals surface area contributed by atoms with Gasteiger partial charge in [-0.15, -0.1) is 18.3 Å². The topological polar surface area (TPSA) is 120 Å². The fourth-order valence-electron chi connectivity index (χ4n) is 3.98. The third-order valence-corrected chi connectivity index (χ3v) is 6.11. The van der Waals surface area contributed by atoms with Gasteiger partial charge in [-0.2, -0.15) is 4.39 Å². The van der Waals surface area contributed by atoms with E-state index >= 15 is 0 Å². The van der Waals surface area contributed by atoms with Crippen molar-refractivity contribution in [1.82, 2.24) is 24.9 Å². The van der Waals surface area contributed by atoms with Crippen molar-refractivity contribution in [3.05, 3.63) is 106 Å². The average Bonchev–Trinajstić information content (AvgIpc) is 3.45. The van der Waals surface area contributed by atoms with Crippen LogP contribution in [0.15, 0.2) is 77.9 Å². The first kappa shape index (κ1) is 31.8. The van der Waals surface area contributed by atoms with Crippen LogP contribution in [0, 0.1) is 5.82 Å². The maximum atomic E-state index is 14.7. The van der Waals surface area contributed by atoms with E-state index in [9.17, 15) is 40.7 Å². The number of amides is 2. The number of carbonyl (C=O) groups excluding carboxylic acids is 2. The summed E-state index contributed by atoms with van der Waals surface area (Å²) < 4.78 is 86.6. The first-order valence-electron chi connectivity index (χ1n) is 13.0. The molecule has 16 heteroatoms. The highest BCUT2D eigenvalue weighted by atomic mass is 19.4. The first-order chi connectivity index (χ1) is 20.9. The highest BCUT2D eigenvalue weighted by molar-refractivity contribution is 5.94. The maximum absolute atomic E-state index is 14.7. The number of ether oxygens (including phenoxy) is 1. The SMILES string of the molecule is O=C(NCc1cccc(OC(F)(F)F)c1)c1cn(CC(F)CCn2ccc(NC(=O)C(F)c3ccccc3)c(F)c2=O)nn1. The maximum Gasteiger partial charge on any atom is 0.573 e. The number of carbonyl (C=O) groups is 2. The van der Waals surface area contributed by atoms with Crippen LogP contribution in [0.25, 0.3) is 0 Å². The van der Waals surface area contributed by atoms with Crippen LogP contribution in [0.2, 0.25) is 0 Å². The molecule has 4 aromatic rings. The molecule has 0 bridgehead atoms. The third-order valence-electron chi connectivity index (χ3n) is 6.11. The molecule has 2 atom stereocenters. The van der Waals surface area contributed by atoms with E-state index in [0.717, 1.165) is 39.8 Å². The quantitative estimate of drug-likeness (QED) is 0.225. The number of benzene rings is 2. The molecule has 0 spiro atoms. The molecule has 0 saturated carbocycles. The molecule has 2 amide bonds. The number of alkyl halides is 5. The summed E-state index contributed by atoms with van der Waals surface area (Å²) in [6, 6.07) is 13.5.